The maximum absolute atomic E-state index is 13.7. The van der Waals surface area contributed by atoms with Crippen molar-refractivity contribution in [2.24, 2.45) is 5.92 Å². The highest BCUT2D eigenvalue weighted by molar-refractivity contribution is 7.14. The van der Waals surface area contributed by atoms with Gasteiger partial charge in [0.25, 0.3) is 0 Å². The van der Waals surface area contributed by atoms with Crippen LogP contribution in [0.25, 0.3) is 0 Å². The van der Waals surface area contributed by atoms with Crippen LogP contribution in [-0.2, 0) is 28.1 Å². The first-order valence-electron chi connectivity index (χ1n) is 16.6. The molecular formula is C37H40Cl2N3O8S+. The number of carboxylic acids is 1. The zero-order valence-electron chi connectivity index (χ0n) is 28.2. The Balaban J connectivity index is 1.29. The molecule has 0 radical (unpaired) electrons. The van der Waals surface area contributed by atoms with Gasteiger partial charge in [0.15, 0.2) is 17.1 Å². The summed E-state index contributed by atoms with van der Waals surface area (Å²) in [5.74, 6) is -1.17. The minimum atomic E-state index is -1.98. The summed E-state index contributed by atoms with van der Waals surface area (Å²) < 4.78 is 17.8. The third-order valence-corrected chi connectivity index (χ3v) is 11.6. The number of methoxy groups -OCH3 is 2. The Morgan fingerprint density at radius 3 is 2.33 bits per heavy atom. The lowest BCUT2D eigenvalue weighted by Gasteiger charge is -2.44. The maximum atomic E-state index is 13.7. The van der Waals surface area contributed by atoms with Crippen LogP contribution < -0.4 is 19.5 Å². The molecule has 0 saturated carbocycles. The fraction of sp³-hybridized carbons (Fsp3) is 0.378. The predicted octanol–water partition coefficient (Wildman–Crippen LogP) is 5.28. The zero-order valence-corrected chi connectivity index (χ0v) is 30.5. The molecule has 11 nitrogen and oxygen atoms in total. The average molecular weight is 758 g/mol. The first-order valence-corrected chi connectivity index (χ1v) is 18.2. The van der Waals surface area contributed by atoms with Crippen LogP contribution in [0.5, 0.6) is 11.5 Å². The third-order valence-electron chi connectivity index (χ3n) is 9.79. The molecule has 270 valence electrons. The summed E-state index contributed by atoms with van der Waals surface area (Å²) in [5, 5.41) is 35.9. The number of nitrogens with zero attached hydrogens (tertiary/aromatic N) is 2. The summed E-state index contributed by atoms with van der Waals surface area (Å²) in [6.07, 6.45) is 4.45. The molecule has 3 fully saturated rings. The largest absolute Gasteiger partial charge is 0.493 e. The third kappa shape index (κ3) is 7.96. The van der Waals surface area contributed by atoms with Gasteiger partial charge in [0.2, 0.25) is 12.4 Å². The van der Waals surface area contributed by atoms with Crippen molar-refractivity contribution in [1.29, 1.82) is 0 Å². The lowest BCUT2D eigenvalue weighted by molar-refractivity contribution is -0.904. The van der Waals surface area contributed by atoms with Crippen LogP contribution in [0.4, 0.5) is 0 Å². The number of nitrogens with one attached hydrogen (secondary N) is 1. The molecule has 4 N–H and O–H groups in total. The minimum absolute atomic E-state index is 0.104. The number of pyridine rings is 1. The number of fused-ring (bicyclic) bond motifs is 3. The number of ether oxygens (including phenoxy) is 3. The van der Waals surface area contributed by atoms with E-state index in [1.54, 1.807) is 42.5 Å². The molecule has 0 spiro atoms. The van der Waals surface area contributed by atoms with Crippen LogP contribution in [-0.4, -0.2) is 78.8 Å². The summed E-state index contributed by atoms with van der Waals surface area (Å²) in [6.45, 7) is 2.63. The number of aromatic nitrogens is 1. The molecule has 0 amide bonds. The quantitative estimate of drug-likeness (QED) is 0.0763. The van der Waals surface area contributed by atoms with Gasteiger partial charge in [-0.3, -0.25) is 10.1 Å². The lowest BCUT2D eigenvalue weighted by Crippen LogP contribution is -2.54. The number of carboxylic acid groups (broad SMARTS) is 1. The Morgan fingerprint density at radius 2 is 1.73 bits per heavy atom. The van der Waals surface area contributed by atoms with Crippen molar-refractivity contribution >= 4 is 46.5 Å². The van der Waals surface area contributed by atoms with Crippen LogP contribution in [0.15, 0.2) is 67.0 Å². The van der Waals surface area contributed by atoms with Gasteiger partial charge in [0, 0.05) is 40.7 Å². The van der Waals surface area contributed by atoms with Crippen molar-refractivity contribution in [2.45, 2.75) is 43.4 Å². The molecule has 5 heterocycles. The fourth-order valence-electron chi connectivity index (χ4n) is 7.04. The Labute approximate surface area is 309 Å². The molecule has 4 aromatic rings. The van der Waals surface area contributed by atoms with Crippen LogP contribution >= 0.6 is 34.5 Å². The molecular weight excluding hydrogens is 717 g/mol. The highest BCUT2D eigenvalue weighted by atomic mass is 35.5. The summed E-state index contributed by atoms with van der Waals surface area (Å²) in [6, 6.07) is 15.8. The Morgan fingerprint density at radius 1 is 1.04 bits per heavy atom. The molecule has 1 unspecified atom stereocenters. The SMILES string of the molecule is COc1ccc([C@H](Cc2c(Cl)c[n+](O)cc2Cl)c2cc(CNCC(O)(C(=O)O[C@H]3CN4CCC3CC4)c3ccccc3)sc2C(=O)O)cc1OC. The maximum Gasteiger partial charge on any atom is 0.346 e. The van der Waals surface area contributed by atoms with Gasteiger partial charge in [-0.05, 0) is 73.2 Å². The second kappa shape index (κ2) is 15.8. The van der Waals surface area contributed by atoms with Crippen LogP contribution in [0, 0.1) is 5.92 Å². The molecule has 2 aromatic carbocycles. The number of hydrogen-bond donors (Lipinski definition) is 4. The number of benzene rings is 2. The van der Waals surface area contributed by atoms with Crippen molar-refractivity contribution in [3.63, 3.8) is 0 Å². The second-order valence-corrected chi connectivity index (χ2v) is 14.8. The smallest absolute Gasteiger partial charge is 0.346 e. The highest BCUT2D eigenvalue weighted by Gasteiger charge is 2.44. The molecule has 51 heavy (non-hydrogen) atoms. The molecule has 14 heteroatoms. The molecule has 0 aliphatic carbocycles. The number of hydrogen-bond acceptors (Lipinski definition) is 10. The molecule has 7 rings (SSSR count). The van der Waals surface area contributed by atoms with Gasteiger partial charge in [0.1, 0.15) is 21.0 Å². The summed E-state index contributed by atoms with van der Waals surface area (Å²) >= 11 is 14.2. The zero-order chi connectivity index (χ0) is 36.3. The normalized spacial score (nSPS) is 20.0. The Bertz CT molecular complexity index is 1860. The van der Waals surface area contributed by atoms with Gasteiger partial charge < -0.3 is 29.7 Å². The summed E-state index contributed by atoms with van der Waals surface area (Å²) in [7, 11) is 3.04. The summed E-state index contributed by atoms with van der Waals surface area (Å²) in [4.78, 5) is 29.5. The van der Waals surface area contributed by atoms with Crippen molar-refractivity contribution in [2.75, 3.05) is 40.4 Å². The van der Waals surface area contributed by atoms with E-state index in [9.17, 15) is 25.0 Å². The van der Waals surface area contributed by atoms with E-state index < -0.39 is 23.5 Å². The van der Waals surface area contributed by atoms with E-state index in [0.717, 1.165) is 42.0 Å². The first kappa shape index (κ1) is 36.9. The van der Waals surface area contributed by atoms with Gasteiger partial charge in [-0.15, -0.1) is 11.3 Å². The lowest BCUT2D eigenvalue weighted by atomic mass is 9.85. The minimum Gasteiger partial charge on any atom is -0.493 e. The van der Waals surface area contributed by atoms with Gasteiger partial charge in [-0.1, -0.05) is 59.6 Å². The van der Waals surface area contributed by atoms with E-state index in [1.165, 1.54) is 26.6 Å². The van der Waals surface area contributed by atoms with Crippen molar-refractivity contribution in [3.05, 3.63) is 109 Å². The standard InChI is InChI=1S/C37H39Cl2N3O8S/c1-48-31-9-8-23(14-32(31)49-2)26(16-28-29(38)18-42(47)19-30(28)39)27-15-25(51-34(27)35(43)44)17-40-21-37(46,24-6-4-3-5-7-24)36(45)50-33-20-41-12-10-22(33)11-13-41/h3-9,14-15,18-19,22,26,33,40,46H,10-13,16-17,20-21H2,1-2H3,(H-,43,44,47)/p+1/t26-,33-,37?/m0/s1. The van der Waals surface area contributed by atoms with Crippen molar-refractivity contribution in [3.8, 4) is 11.5 Å². The van der Waals surface area contributed by atoms with Crippen LogP contribution in [0.3, 0.4) is 0 Å². The van der Waals surface area contributed by atoms with Gasteiger partial charge in [-0.25, -0.2) is 9.59 Å². The number of halogens is 2. The Kier molecular flexibility index (Phi) is 11.4. The number of piperidine rings is 3. The fourth-order valence-corrected chi connectivity index (χ4v) is 8.67. The van der Waals surface area contributed by atoms with E-state index in [2.05, 4.69) is 10.2 Å². The number of aromatic carboxylic acids is 1. The van der Waals surface area contributed by atoms with Crippen LogP contribution in [0.1, 0.15) is 55.6 Å². The number of aliphatic hydroxyl groups is 1. The van der Waals surface area contributed by atoms with E-state index in [4.69, 9.17) is 37.4 Å². The van der Waals surface area contributed by atoms with E-state index in [-0.39, 0.29) is 46.5 Å². The number of carbonyl (C=O) groups excluding carboxylic acids is 1. The molecule has 3 saturated heterocycles. The molecule has 3 aliphatic heterocycles. The van der Waals surface area contributed by atoms with Crippen LogP contribution in [0.2, 0.25) is 10.0 Å². The van der Waals surface area contributed by atoms with Crippen molar-refractivity contribution < 1.29 is 44.0 Å². The molecule has 2 bridgehead atoms. The highest BCUT2D eigenvalue weighted by Crippen LogP contribution is 2.41. The number of esters is 1. The number of rotatable bonds is 14. The molecule has 2 aromatic heterocycles. The predicted molar refractivity (Wildman–Crippen MR) is 191 cm³/mol. The molecule has 3 aliphatic rings. The number of thiophene rings is 1. The van der Waals surface area contributed by atoms with E-state index >= 15 is 0 Å². The second-order valence-electron chi connectivity index (χ2n) is 12.9. The van der Waals surface area contributed by atoms with E-state index in [1.807, 2.05) is 12.1 Å². The van der Waals surface area contributed by atoms with Crippen molar-refractivity contribution in [1.82, 2.24) is 10.2 Å². The topological polar surface area (TPSA) is 142 Å². The van der Waals surface area contributed by atoms with Gasteiger partial charge in [0.05, 0.1) is 14.2 Å². The Hall–Kier alpha value is -3.91. The van der Waals surface area contributed by atoms with Gasteiger partial charge >= 0.3 is 11.9 Å². The first-order chi connectivity index (χ1) is 24.5. The van der Waals surface area contributed by atoms with E-state index in [0.29, 0.717) is 45.2 Å². The summed E-state index contributed by atoms with van der Waals surface area (Å²) in [5.41, 5.74) is 0.158. The monoisotopic (exact) mass is 756 g/mol. The van der Waals surface area contributed by atoms with Gasteiger partial charge in [-0.2, -0.15) is 0 Å². The molecule has 3 atom stereocenters. The number of carbonyl (C=O) groups is 2. The average Bonchev–Trinajstić information content (AvgIpc) is 3.56.